The third-order valence-electron chi connectivity index (χ3n) is 4.91. The molecule has 1 aliphatic carbocycles. The monoisotopic (exact) mass is 376 g/mol. The number of carboxylic acids is 1. The largest absolute Gasteiger partial charge is 0.508 e. The summed E-state index contributed by atoms with van der Waals surface area (Å²) in [5, 5.41) is 24.5. The maximum absolute atomic E-state index is 12.3. The number of carboxylic acid groups (broad SMARTS) is 1. The molecule has 1 saturated carbocycles. The molecule has 2 rings (SSSR count). The molecule has 7 heteroatoms. The Morgan fingerprint density at radius 3 is 2.44 bits per heavy atom. The lowest BCUT2D eigenvalue weighted by molar-refractivity contribution is -0.144. The van der Waals surface area contributed by atoms with Gasteiger partial charge in [0, 0.05) is 17.2 Å². The topological polar surface area (TPSA) is 116 Å². The zero-order valence-corrected chi connectivity index (χ0v) is 16.0. The predicted octanol–water partition coefficient (Wildman–Crippen LogP) is 2.18. The van der Waals surface area contributed by atoms with Crippen molar-refractivity contribution in [3.05, 3.63) is 29.3 Å². The van der Waals surface area contributed by atoms with Gasteiger partial charge in [0.25, 0.3) is 5.91 Å². The Balaban J connectivity index is 1.95. The molecule has 2 unspecified atom stereocenters. The fraction of sp³-hybridized carbons (Fsp3) is 0.550. The molecule has 0 aliphatic heterocycles. The third kappa shape index (κ3) is 5.45. The Morgan fingerprint density at radius 2 is 1.81 bits per heavy atom. The van der Waals surface area contributed by atoms with Crippen LogP contribution >= 0.6 is 0 Å². The van der Waals surface area contributed by atoms with E-state index in [4.69, 9.17) is 0 Å². The van der Waals surface area contributed by atoms with E-state index in [1.54, 1.807) is 6.07 Å². The molecule has 2 atom stereocenters. The number of benzene rings is 1. The van der Waals surface area contributed by atoms with Crippen LogP contribution in [0.2, 0.25) is 0 Å². The molecule has 0 heterocycles. The molecule has 0 spiro atoms. The number of hydrogen-bond donors (Lipinski definition) is 4. The molecule has 0 saturated heterocycles. The highest BCUT2D eigenvalue weighted by atomic mass is 16.4. The van der Waals surface area contributed by atoms with E-state index in [1.165, 1.54) is 12.1 Å². The van der Waals surface area contributed by atoms with Crippen LogP contribution in [-0.2, 0) is 15.0 Å². The fourth-order valence-corrected chi connectivity index (χ4v) is 3.40. The summed E-state index contributed by atoms with van der Waals surface area (Å²) in [6, 6.07) is 4.18. The second-order valence-electron chi connectivity index (χ2n) is 8.07. The van der Waals surface area contributed by atoms with Crippen LogP contribution in [0.5, 0.6) is 5.75 Å². The van der Waals surface area contributed by atoms with Crippen LogP contribution in [0.25, 0.3) is 0 Å². The zero-order chi connectivity index (χ0) is 20.2. The molecule has 2 amide bonds. The molecular weight excluding hydrogens is 348 g/mol. The summed E-state index contributed by atoms with van der Waals surface area (Å²) >= 11 is 0. The Labute approximate surface area is 159 Å². The van der Waals surface area contributed by atoms with Crippen LogP contribution in [0.1, 0.15) is 62.4 Å². The second kappa shape index (κ2) is 8.41. The molecule has 0 bridgehead atoms. The van der Waals surface area contributed by atoms with Crippen molar-refractivity contribution >= 4 is 17.8 Å². The summed E-state index contributed by atoms with van der Waals surface area (Å²) in [5.41, 5.74) is 0.669. The van der Waals surface area contributed by atoms with Gasteiger partial charge in [-0.25, -0.2) is 0 Å². The van der Waals surface area contributed by atoms with Crippen molar-refractivity contribution in [1.29, 1.82) is 0 Å². The number of phenolic OH excluding ortho intramolecular Hbond substituents is 1. The molecule has 27 heavy (non-hydrogen) atoms. The van der Waals surface area contributed by atoms with Crippen molar-refractivity contribution in [3.63, 3.8) is 0 Å². The minimum absolute atomic E-state index is 0.119. The van der Waals surface area contributed by atoms with Gasteiger partial charge in [-0.2, -0.15) is 0 Å². The Bertz CT molecular complexity index is 724. The standard InChI is InChI=1S/C20H28N2O5/c1-20(2,3)14-10-12(8-9-16(14)23)18(25)21-11-17(24)22-15-7-5-4-6-13(15)19(26)27/h8-10,13,15,23H,4-7,11H2,1-3H3,(H,21,25)(H,22,24)(H,26,27). The van der Waals surface area contributed by atoms with E-state index in [1.807, 2.05) is 20.8 Å². The van der Waals surface area contributed by atoms with E-state index in [0.717, 1.165) is 12.8 Å². The van der Waals surface area contributed by atoms with Gasteiger partial charge < -0.3 is 20.8 Å². The van der Waals surface area contributed by atoms with Gasteiger partial charge in [-0.3, -0.25) is 14.4 Å². The Kier molecular flexibility index (Phi) is 6.46. The SMILES string of the molecule is CC(C)(C)c1cc(C(=O)NCC(=O)NC2CCCCC2C(=O)O)ccc1O. The molecule has 0 aromatic heterocycles. The van der Waals surface area contributed by atoms with Crippen LogP contribution in [0.3, 0.4) is 0 Å². The molecule has 1 aromatic rings. The summed E-state index contributed by atoms with van der Waals surface area (Å²) < 4.78 is 0. The van der Waals surface area contributed by atoms with E-state index in [9.17, 15) is 24.6 Å². The average molecular weight is 376 g/mol. The van der Waals surface area contributed by atoms with Crippen molar-refractivity contribution in [2.75, 3.05) is 6.54 Å². The normalized spacial score (nSPS) is 20.0. The maximum Gasteiger partial charge on any atom is 0.308 e. The number of aliphatic carboxylic acids is 1. The lowest BCUT2D eigenvalue weighted by atomic mass is 9.84. The number of aromatic hydroxyl groups is 1. The van der Waals surface area contributed by atoms with E-state index in [-0.39, 0.29) is 17.7 Å². The number of amides is 2. The van der Waals surface area contributed by atoms with Crippen molar-refractivity contribution in [2.24, 2.45) is 5.92 Å². The smallest absolute Gasteiger partial charge is 0.308 e. The van der Waals surface area contributed by atoms with Gasteiger partial charge in [-0.1, -0.05) is 33.6 Å². The van der Waals surface area contributed by atoms with E-state index in [0.29, 0.717) is 24.0 Å². The van der Waals surface area contributed by atoms with Crippen molar-refractivity contribution in [2.45, 2.75) is 57.9 Å². The van der Waals surface area contributed by atoms with Crippen LogP contribution in [0, 0.1) is 5.92 Å². The van der Waals surface area contributed by atoms with Gasteiger partial charge in [0.2, 0.25) is 5.91 Å². The molecule has 1 aliphatic rings. The number of rotatable bonds is 5. The first-order valence-electron chi connectivity index (χ1n) is 9.23. The summed E-state index contributed by atoms with van der Waals surface area (Å²) in [6.07, 6.45) is 2.90. The highest BCUT2D eigenvalue weighted by molar-refractivity contribution is 5.97. The van der Waals surface area contributed by atoms with Gasteiger partial charge >= 0.3 is 5.97 Å². The van der Waals surface area contributed by atoms with E-state index in [2.05, 4.69) is 10.6 Å². The van der Waals surface area contributed by atoms with Gasteiger partial charge in [-0.05, 0) is 36.5 Å². The molecular formula is C20H28N2O5. The third-order valence-corrected chi connectivity index (χ3v) is 4.91. The van der Waals surface area contributed by atoms with E-state index < -0.39 is 29.7 Å². The predicted molar refractivity (Wildman–Crippen MR) is 101 cm³/mol. The second-order valence-corrected chi connectivity index (χ2v) is 8.07. The van der Waals surface area contributed by atoms with Crippen LogP contribution in [0.4, 0.5) is 0 Å². The molecule has 1 fully saturated rings. The zero-order valence-electron chi connectivity index (χ0n) is 16.0. The summed E-state index contributed by atoms with van der Waals surface area (Å²) in [4.78, 5) is 35.8. The number of phenols is 1. The Hall–Kier alpha value is -2.57. The van der Waals surface area contributed by atoms with Crippen LogP contribution in [-0.4, -0.2) is 40.6 Å². The highest BCUT2D eigenvalue weighted by Gasteiger charge is 2.31. The van der Waals surface area contributed by atoms with Crippen molar-refractivity contribution in [1.82, 2.24) is 10.6 Å². The summed E-state index contributed by atoms with van der Waals surface area (Å²) in [6.45, 7) is 5.56. The number of nitrogens with one attached hydrogen (secondary N) is 2. The minimum atomic E-state index is -0.900. The molecule has 0 radical (unpaired) electrons. The summed E-state index contributed by atoms with van der Waals surface area (Å²) in [5.74, 6) is -2.19. The quantitative estimate of drug-likeness (QED) is 0.629. The molecule has 4 N–H and O–H groups in total. The van der Waals surface area contributed by atoms with Gasteiger partial charge in [-0.15, -0.1) is 0 Å². The Morgan fingerprint density at radius 1 is 1.15 bits per heavy atom. The lowest BCUT2D eigenvalue weighted by Crippen LogP contribution is -2.48. The van der Waals surface area contributed by atoms with Crippen LogP contribution < -0.4 is 10.6 Å². The number of hydrogen-bond acceptors (Lipinski definition) is 4. The lowest BCUT2D eigenvalue weighted by Gasteiger charge is -2.29. The molecule has 1 aromatic carbocycles. The average Bonchev–Trinajstić information content (AvgIpc) is 2.59. The van der Waals surface area contributed by atoms with Gasteiger partial charge in [0.05, 0.1) is 12.5 Å². The first kappa shape index (κ1) is 20.7. The highest BCUT2D eigenvalue weighted by Crippen LogP contribution is 2.31. The summed E-state index contributed by atoms with van der Waals surface area (Å²) in [7, 11) is 0. The number of carbonyl (C=O) groups is 3. The van der Waals surface area contributed by atoms with Gasteiger partial charge in [0.15, 0.2) is 0 Å². The minimum Gasteiger partial charge on any atom is -0.508 e. The fourth-order valence-electron chi connectivity index (χ4n) is 3.40. The van der Waals surface area contributed by atoms with Crippen molar-refractivity contribution < 1.29 is 24.6 Å². The first-order valence-corrected chi connectivity index (χ1v) is 9.23. The van der Waals surface area contributed by atoms with Crippen LogP contribution in [0.15, 0.2) is 18.2 Å². The molecule has 7 nitrogen and oxygen atoms in total. The first-order chi connectivity index (χ1) is 12.6. The molecule has 148 valence electrons. The van der Waals surface area contributed by atoms with E-state index >= 15 is 0 Å². The number of carbonyl (C=O) groups excluding carboxylic acids is 2. The van der Waals surface area contributed by atoms with Crippen molar-refractivity contribution in [3.8, 4) is 5.75 Å². The maximum atomic E-state index is 12.3. The van der Waals surface area contributed by atoms with Gasteiger partial charge in [0.1, 0.15) is 5.75 Å².